The predicted octanol–water partition coefficient (Wildman–Crippen LogP) is 4.12. The van der Waals surface area contributed by atoms with Crippen LogP contribution >= 0.6 is 11.6 Å². The minimum atomic E-state index is -0.0813. The van der Waals surface area contributed by atoms with E-state index in [4.69, 9.17) is 21.8 Å². The van der Waals surface area contributed by atoms with Crippen LogP contribution in [-0.2, 0) is 0 Å². The van der Waals surface area contributed by atoms with Gasteiger partial charge in [-0.2, -0.15) is 0 Å². The van der Waals surface area contributed by atoms with E-state index in [1.807, 2.05) is 0 Å². The molecular formula is C21H20ClN7O2. The first kappa shape index (κ1) is 20.3. The number of halogens is 1. The summed E-state index contributed by atoms with van der Waals surface area (Å²) in [5.41, 5.74) is 8.89. The molecule has 2 heterocycles. The number of anilines is 3. The summed E-state index contributed by atoms with van der Waals surface area (Å²) in [7, 11) is 3.41. The van der Waals surface area contributed by atoms with Crippen molar-refractivity contribution < 1.29 is 10.6 Å². The Balaban J connectivity index is 0.00000289. The number of nitrogen functional groups attached to an aromatic ring is 1. The highest BCUT2D eigenvalue weighted by molar-refractivity contribution is 6.30. The quantitative estimate of drug-likeness (QED) is 0.477. The molecule has 0 spiro atoms. The Morgan fingerprint density at radius 1 is 1.10 bits per heavy atom. The van der Waals surface area contributed by atoms with Gasteiger partial charge in [0.1, 0.15) is 0 Å². The third kappa shape index (κ3) is 4.46. The first-order valence-corrected chi connectivity index (χ1v) is 9.59. The van der Waals surface area contributed by atoms with Gasteiger partial charge in [0.15, 0.2) is 11.5 Å². The smallest absolute Gasteiger partial charge is 0.320 e. The topological polar surface area (TPSA) is 123 Å². The summed E-state index contributed by atoms with van der Waals surface area (Å²) in [4.78, 5) is 22.3. The minimum Gasteiger partial charge on any atom is -0.401 e. The Kier molecular flexibility index (Phi) is 5.50. The zero-order chi connectivity index (χ0) is 22.0. The van der Waals surface area contributed by atoms with Gasteiger partial charge < -0.3 is 20.4 Å². The molecular weight excluding hydrogens is 418 g/mol. The second kappa shape index (κ2) is 8.41. The monoisotopic (exact) mass is 437 g/mol. The highest BCUT2D eigenvalue weighted by atomic mass is 35.5. The van der Waals surface area contributed by atoms with Crippen molar-refractivity contribution in [2.24, 2.45) is 0 Å². The lowest BCUT2D eigenvalue weighted by atomic mass is 10.1. The van der Waals surface area contributed by atoms with Crippen LogP contribution in [0.3, 0.4) is 0 Å². The third-order valence-corrected chi connectivity index (χ3v) is 4.61. The predicted molar refractivity (Wildman–Crippen MR) is 120 cm³/mol. The van der Waals surface area contributed by atoms with Crippen molar-refractivity contribution in [1.29, 1.82) is 0 Å². The summed E-state index contributed by atoms with van der Waals surface area (Å²) in [5, 5.41) is 11.6. The number of nitrogens with zero attached hydrogens (tertiary/aromatic N) is 5. The first-order chi connectivity index (χ1) is 14.9. The molecule has 158 valence electrons. The second-order valence-electron chi connectivity index (χ2n) is 6.81. The Bertz CT molecular complexity index is 1230. The van der Waals surface area contributed by atoms with Crippen LogP contribution in [0.15, 0.2) is 59.1 Å². The third-order valence-electron chi connectivity index (χ3n) is 4.36. The van der Waals surface area contributed by atoms with Gasteiger partial charge in [-0.15, -0.1) is 5.10 Å². The number of nitrogens with one attached hydrogen (secondary N) is 1. The SMILES string of the molecule is CN(C)C(=O)c1ccc(-c2cnc(N)c(-c3nnc(Nc4ccc(Cl)cc4)o3)n2)cc1.[HH]. The van der Waals surface area contributed by atoms with Crippen LogP contribution in [0.25, 0.3) is 22.8 Å². The number of hydrogen-bond donors (Lipinski definition) is 2. The van der Waals surface area contributed by atoms with Gasteiger partial charge in [0.05, 0.1) is 11.9 Å². The number of benzene rings is 2. The molecule has 0 aliphatic heterocycles. The highest BCUT2D eigenvalue weighted by Gasteiger charge is 2.16. The maximum Gasteiger partial charge on any atom is 0.320 e. The van der Waals surface area contributed by atoms with Crippen LogP contribution in [0.5, 0.6) is 0 Å². The van der Waals surface area contributed by atoms with Crippen molar-refractivity contribution in [1.82, 2.24) is 25.1 Å². The van der Waals surface area contributed by atoms with E-state index >= 15 is 0 Å². The Morgan fingerprint density at radius 3 is 2.48 bits per heavy atom. The number of carbonyl (C=O) groups excluding carboxylic acids is 1. The standard InChI is InChI=1S/C21H18ClN7O2.H2/c1-29(2)20(30)13-5-3-12(4-6-13)16-11-24-18(23)17(26-16)19-27-28-21(31-19)25-15-9-7-14(22)8-10-15;/h3-11H,1-2H3,(H2,23,24)(H,25,28);1H. The van der Waals surface area contributed by atoms with Crippen LogP contribution in [0, 0.1) is 0 Å². The molecule has 0 saturated carbocycles. The normalized spacial score (nSPS) is 10.7. The maximum absolute atomic E-state index is 12.1. The molecule has 0 atom stereocenters. The second-order valence-corrected chi connectivity index (χ2v) is 7.25. The van der Waals surface area contributed by atoms with Gasteiger partial charge in [-0.1, -0.05) is 28.8 Å². The number of nitrogens with two attached hydrogens (primary N) is 1. The Hall–Kier alpha value is -3.98. The molecule has 2 aromatic carbocycles. The average Bonchev–Trinajstić information content (AvgIpc) is 3.23. The van der Waals surface area contributed by atoms with Crippen LogP contribution in [0.4, 0.5) is 17.5 Å². The lowest BCUT2D eigenvalue weighted by Crippen LogP contribution is -2.21. The van der Waals surface area contributed by atoms with Crippen molar-refractivity contribution >= 4 is 35.0 Å². The van der Waals surface area contributed by atoms with E-state index in [9.17, 15) is 4.79 Å². The largest absolute Gasteiger partial charge is 0.401 e. The first-order valence-electron chi connectivity index (χ1n) is 9.22. The van der Waals surface area contributed by atoms with Gasteiger partial charge in [0.2, 0.25) is 0 Å². The van der Waals surface area contributed by atoms with E-state index < -0.39 is 0 Å². The summed E-state index contributed by atoms with van der Waals surface area (Å²) in [6, 6.07) is 14.3. The van der Waals surface area contributed by atoms with Crippen molar-refractivity contribution in [3.63, 3.8) is 0 Å². The summed E-state index contributed by atoms with van der Waals surface area (Å²) >= 11 is 5.89. The minimum absolute atomic E-state index is 0. The molecule has 4 aromatic rings. The summed E-state index contributed by atoms with van der Waals surface area (Å²) in [6.07, 6.45) is 1.55. The van der Waals surface area contributed by atoms with Gasteiger partial charge >= 0.3 is 6.01 Å². The van der Waals surface area contributed by atoms with E-state index in [-0.39, 0.29) is 30.8 Å². The number of rotatable bonds is 5. The van der Waals surface area contributed by atoms with Crippen LogP contribution in [0.1, 0.15) is 11.8 Å². The Morgan fingerprint density at radius 2 is 1.81 bits per heavy atom. The van der Waals surface area contributed by atoms with Gasteiger partial charge in [-0.3, -0.25) is 4.79 Å². The molecule has 1 amide bonds. The summed E-state index contributed by atoms with van der Waals surface area (Å²) in [5.74, 6) is 0.203. The van der Waals surface area contributed by atoms with Gasteiger partial charge in [-0.05, 0) is 36.4 Å². The molecule has 2 aromatic heterocycles. The molecule has 9 nitrogen and oxygen atoms in total. The lowest BCUT2D eigenvalue weighted by Gasteiger charge is -2.10. The van der Waals surface area contributed by atoms with E-state index in [2.05, 4.69) is 25.5 Å². The fourth-order valence-electron chi connectivity index (χ4n) is 2.76. The highest BCUT2D eigenvalue weighted by Crippen LogP contribution is 2.27. The fraction of sp³-hybridized carbons (Fsp3) is 0.0952. The molecule has 10 heteroatoms. The molecule has 31 heavy (non-hydrogen) atoms. The molecule has 4 rings (SSSR count). The molecule has 0 aliphatic carbocycles. The molecule has 0 fully saturated rings. The molecule has 0 aliphatic rings. The van der Waals surface area contributed by atoms with E-state index in [0.29, 0.717) is 16.3 Å². The average molecular weight is 438 g/mol. The number of hydrogen-bond acceptors (Lipinski definition) is 8. The van der Waals surface area contributed by atoms with E-state index in [0.717, 1.165) is 11.3 Å². The van der Waals surface area contributed by atoms with Gasteiger partial charge in [-0.25, -0.2) is 9.97 Å². The van der Waals surface area contributed by atoms with Gasteiger partial charge in [0, 0.05) is 37.4 Å². The fourth-order valence-corrected chi connectivity index (χ4v) is 2.89. The zero-order valence-electron chi connectivity index (χ0n) is 16.7. The molecule has 0 unspecified atom stereocenters. The Labute approximate surface area is 184 Å². The number of aromatic nitrogens is 4. The van der Waals surface area contributed by atoms with E-state index in [1.54, 1.807) is 68.8 Å². The zero-order valence-corrected chi connectivity index (χ0v) is 17.5. The van der Waals surface area contributed by atoms with Crippen molar-refractivity contribution in [3.8, 4) is 22.8 Å². The van der Waals surface area contributed by atoms with Crippen LogP contribution in [-0.4, -0.2) is 45.1 Å². The molecule has 3 N–H and O–H groups in total. The van der Waals surface area contributed by atoms with Gasteiger partial charge in [0.25, 0.3) is 11.8 Å². The lowest BCUT2D eigenvalue weighted by molar-refractivity contribution is 0.0827. The van der Waals surface area contributed by atoms with E-state index in [1.165, 1.54) is 4.90 Å². The maximum atomic E-state index is 12.1. The van der Waals surface area contributed by atoms with Crippen LogP contribution in [0.2, 0.25) is 5.02 Å². The van der Waals surface area contributed by atoms with Crippen molar-refractivity contribution in [2.75, 3.05) is 25.1 Å². The summed E-state index contributed by atoms with van der Waals surface area (Å²) in [6.45, 7) is 0. The van der Waals surface area contributed by atoms with Crippen molar-refractivity contribution in [2.45, 2.75) is 0 Å². The molecule has 0 saturated heterocycles. The van der Waals surface area contributed by atoms with Crippen molar-refractivity contribution in [3.05, 3.63) is 65.3 Å². The molecule has 0 bridgehead atoms. The summed E-state index contributed by atoms with van der Waals surface area (Å²) < 4.78 is 5.65. The number of carbonyl (C=O) groups is 1. The molecule has 0 radical (unpaired) electrons. The number of amides is 1. The van der Waals surface area contributed by atoms with Crippen LogP contribution < -0.4 is 11.1 Å².